The molecule has 0 saturated carbocycles. The standard InChI is InChI=1S/C19H29N3/c1-4-18-16(17-8-5-6-10-19(17)21(18)3)9-7-11-22-14-12-20(2)13-15-22/h5-6,8,10H,4,7,9,11-15H2,1-3H3. The van der Waals surface area contributed by atoms with E-state index in [0.29, 0.717) is 0 Å². The molecule has 0 bridgehead atoms. The molecule has 3 heteroatoms. The maximum atomic E-state index is 2.62. The number of nitrogens with zero attached hydrogens (tertiary/aromatic N) is 3. The molecule has 3 nitrogen and oxygen atoms in total. The van der Waals surface area contributed by atoms with Crippen molar-refractivity contribution in [2.24, 2.45) is 7.05 Å². The lowest BCUT2D eigenvalue weighted by molar-refractivity contribution is 0.153. The number of piperazine rings is 1. The normalized spacial score (nSPS) is 17.4. The minimum Gasteiger partial charge on any atom is -0.347 e. The van der Waals surface area contributed by atoms with Crippen LogP contribution in [0.4, 0.5) is 0 Å². The van der Waals surface area contributed by atoms with Gasteiger partial charge in [0.1, 0.15) is 0 Å². The Morgan fingerprint density at radius 2 is 1.73 bits per heavy atom. The Kier molecular flexibility index (Phi) is 4.84. The fourth-order valence-electron chi connectivity index (χ4n) is 3.81. The summed E-state index contributed by atoms with van der Waals surface area (Å²) >= 11 is 0. The molecule has 0 amide bonds. The van der Waals surface area contributed by atoms with E-state index >= 15 is 0 Å². The monoisotopic (exact) mass is 299 g/mol. The highest BCUT2D eigenvalue weighted by molar-refractivity contribution is 5.85. The van der Waals surface area contributed by atoms with E-state index in [1.807, 2.05) is 0 Å². The molecule has 1 aliphatic rings. The van der Waals surface area contributed by atoms with E-state index in [1.165, 1.54) is 62.2 Å². The van der Waals surface area contributed by atoms with Crippen LogP contribution in [0.5, 0.6) is 0 Å². The van der Waals surface area contributed by atoms with E-state index in [2.05, 4.69) is 59.7 Å². The Morgan fingerprint density at radius 1 is 1.00 bits per heavy atom. The number of rotatable bonds is 5. The summed E-state index contributed by atoms with van der Waals surface area (Å²) in [7, 11) is 4.44. The predicted octanol–water partition coefficient (Wildman–Crippen LogP) is 2.92. The number of hydrogen-bond donors (Lipinski definition) is 0. The van der Waals surface area contributed by atoms with E-state index in [-0.39, 0.29) is 0 Å². The molecule has 0 spiro atoms. The average molecular weight is 299 g/mol. The van der Waals surface area contributed by atoms with Gasteiger partial charge in [-0.15, -0.1) is 0 Å². The van der Waals surface area contributed by atoms with Crippen molar-refractivity contribution in [3.63, 3.8) is 0 Å². The lowest BCUT2D eigenvalue weighted by Gasteiger charge is -2.32. The number of hydrogen-bond acceptors (Lipinski definition) is 2. The van der Waals surface area contributed by atoms with E-state index in [0.717, 1.165) is 6.42 Å². The minimum absolute atomic E-state index is 1.12. The Morgan fingerprint density at radius 3 is 2.45 bits per heavy atom. The second-order valence-electron chi connectivity index (χ2n) is 6.60. The van der Waals surface area contributed by atoms with E-state index in [9.17, 15) is 0 Å². The van der Waals surface area contributed by atoms with Gasteiger partial charge in [-0.3, -0.25) is 0 Å². The van der Waals surface area contributed by atoms with E-state index in [4.69, 9.17) is 0 Å². The molecule has 0 aliphatic carbocycles. The number of likely N-dealkylation sites (N-methyl/N-ethyl adjacent to an activating group) is 1. The molecule has 1 saturated heterocycles. The number of aryl methyl sites for hydroxylation is 2. The second-order valence-corrected chi connectivity index (χ2v) is 6.60. The van der Waals surface area contributed by atoms with Crippen LogP contribution in [-0.4, -0.2) is 54.1 Å². The first-order valence-corrected chi connectivity index (χ1v) is 8.66. The van der Waals surface area contributed by atoms with Gasteiger partial charge < -0.3 is 14.4 Å². The van der Waals surface area contributed by atoms with Gasteiger partial charge in [0.05, 0.1) is 0 Å². The Bertz CT molecular complexity index is 621. The highest BCUT2D eigenvalue weighted by atomic mass is 15.2. The van der Waals surface area contributed by atoms with Crippen LogP contribution in [0.1, 0.15) is 24.6 Å². The average Bonchev–Trinajstić information content (AvgIpc) is 2.82. The van der Waals surface area contributed by atoms with Crippen LogP contribution in [0, 0.1) is 0 Å². The molecule has 1 fully saturated rings. The zero-order valence-electron chi connectivity index (χ0n) is 14.3. The maximum Gasteiger partial charge on any atom is 0.0482 e. The van der Waals surface area contributed by atoms with Crippen LogP contribution < -0.4 is 0 Å². The van der Waals surface area contributed by atoms with E-state index < -0.39 is 0 Å². The van der Waals surface area contributed by atoms with Gasteiger partial charge in [-0.2, -0.15) is 0 Å². The number of aromatic nitrogens is 1. The molecular formula is C19H29N3. The third kappa shape index (κ3) is 3.06. The van der Waals surface area contributed by atoms with Crippen LogP contribution >= 0.6 is 0 Å². The van der Waals surface area contributed by atoms with Gasteiger partial charge >= 0.3 is 0 Å². The van der Waals surface area contributed by atoms with Crippen molar-refractivity contribution in [3.8, 4) is 0 Å². The van der Waals surface area contributed by atoms with Crippen LogP contribution in [0.2, 0.25) is 0 Å². The maximum absolute atomic E-state index is 2.62. The first-order valence-electron chi connectivity index (χ1n) is 8.66. The summed E-state index contributed by atoms with van der Waals surface area (Å²) in [4.78, 5) is 5.05. The molecular weight excluding hydrogens is 270 g/mol. The topological polar surface area (TPSA) is 11.4 Å². The molecule has 2 aromatic rings. The summed E-state index contributed by atoms with van der Waals surface area (Å²) in [5.74, 6) is 0. The van der Waals surface area contributed by atoms with Gasteiger partial charge in [0.25, 0.3) is 0 Å². The number of para-hydroxylation sites is 1. The molecule has 0 atom stereocenters. The summed E-state index contributed by atoms with van der Waals surface area (Å²) in [6.07, 6.45) is 3.59. The fourth-order valence-corrected chi connectivity index (χ4v) is 3.81. The van der Waals surface area contributed by atoms with Crippen molar-refractivity contribution in [3.05, 3.63) is 35.5 Å². The SMILES string of the molecule is CCc1c(CCCN2CCN(C)CC2)c2ccccc2n1C. The van der Waals surface area contributed by atoms with Gasteiger partial charge in [0.15, 0.2) is 0 Å². The highest BCUT2D eigenvalue weighted by Gasteiger charge is 2.15. The van der Waals surface area contributed by atoms with E-state index in [1.54, 1.807) is 5.56 Å². The van der Waals surface area contributed by atoms with Gasteiger partial charge in [0, 0.05) is 49.8 Å². The largest absolute Gasteiger partial charge is 0.347 e. The Balaban J connectivity index is 1.68. The molecule has 1 aromatic carbocycles. The Labute approximate surface area is 134 Å². The van der Waals surface area contributed by atoms with Gasteiger partial charge in [-0.25, -0.2) is 0 Å². The van der Waals surface area contributed by atoms with Crippen LogP contribution in [0.15, 0.2) is 24.3 Å². The van der Waals surface area contributed by atoms with Crippen molar-refractivity contribution in [1.29, 1.82) is 0 Å². The van der Waals surface area contributed by atoms with Crippen molar-refractivity contribution >= 4 is 10.9 Å². The van der Waals surface area contributed by atoms with Crippen molar-refractivity contribution in [2.45, 2.75) is 26.2 Å². The number of fused-ring (bicyclic) bond motifs is 1. The first kappa shape index (κ1) is 15.6. The molecule has 0 radical (unpaired) electrons. The van der Waals surface area contributed by atoms with Crippen LogP contribution in [0.25, 0.3) is 10.9 Å². The lowest BCUT2D eigenvalue weighted by Crippen LogP contribution is -2.44. The quantitative estimate of drug-likeness (QED) is 0.841. The van der Waals surface area contributed by atoms with Crippen LogP contribution in [0.3, 0.4) is 0 Å². The number of benzene rings is 1. The molecule has 22 heavy (non-hydrogen) atoms. The molecule has 120 valence electrons. The zero-order chi connectivity index (χ0) is 15.5. The molecule has 1 aromatic heterocycles. The molecule has 3 rings (SSSR count). The molecule has 2 heterocycles. The van der Waals surface area contributed by atoms with Crippen molar-refractivity contribution in [2.75, 3.05) is 39.8 Å². The van der Waals surface area contributed by atoms with Crippen molar-refractivity contribution < 1.29 is 0 Å². The van der Waals surface area contributed by atoms with Crippen LogP contribution in [-0.2, 0) is 19.9 Å². The fraction of sp³-hybridized carbons (Fsp3) is 0.579. The summed E-state index contributed by atoms with van der Waals surface area (Å²) < 4.78 is 2.39. The summed E-state index contributed by atoms with van der Waals surface area (Å²) in [6, 6.07) is 8.86. The summed E-state index contributed by atoms with van der Waals surface area (Å²) in [5.41, 5.74) is 4.48. The molecule has 0 N–H and O–H groups in total. The first-order chi connectivity index (χ1) is 10.7. The van der Waals surface area contributed by atoms with Gasteiger partial charge in [-0.05, 0) is 44.5 Å². The zero-order valence-corrected chi connectivity index (χ0v) is 14.3. The molecule has 0 unspecified atom stereocenters. The highest BCUT2D eigenvalue weighted by Crippen LogP contribution is 2.27. The minimum atomic E-state index is 1.12. The van der Waals surface area contributed by atoms with Gasteiger partial charge in [0.2, 0.25) is 0 Å². The summed E-state index contributed by atoms with van der Waals surface area (Å²) in [5, 5.41) is 1.46. The Hall–Kier alpha value is -1.32. The van der Waals surface area contributed by atoms with Crippen molar-refractivity contribution in [1.82, 2.24) is 14.4 Å². The molecule has 1 aliphatic heterocycles. The van der Waals surface area contributed by atoms with Gasteiger partial charge in [-0.1, -0.05) is 25.1 Å². The third-order valence-electron chi connectivity index (χ3n) is 5.18. The lowest BCUT2D eigenvalue weighted by atomic mass is 10.0. The smallest absolute Gasteiger partial charge is 0.0482 e. The summed E-state index contributed by atoms with van der Waals surface area (Å²) in [6.45, 7) is 8.40. The third-order valence-corrected chi connectivity index (χ3v) is 5.18. The predicted molar refractivity (Wildman–Crippen MR) is 94.6 cm³/mol. The second kappa shape index (κ2) is 6.84.